The zero-order chi connectivity index (χ0) is 13.4. The van der Waals surface area contributed by atoms with E-state index in [1.54, 1.807) is 7.11 Å². The lowest BCUT2D eigenvalue weighted by molar-refractivity contribution is 0.183. The fourth-order valence-electron chi connectivity index (χ4n) is 2.36. The van der Waals surface area contributed by atoms with Crippen molar-refractivity contribution in [3.63, 3.8) is 0 Å². The van der Waals surface area contributed by atoms with Gasteiger partial charge in [-0.25, -0.2) is 0 Å². The zero-order valence-corrected chi connectivity index (χ0v) is 12.0. The van der Waals surface area contributed by atoms with E-state index >= 15 is 0 Å². The molecule has 1 aliphatic rings. The molecule has 1 fully saturated rings. The SMILES string of the molecule is COCc1c(CNC2CC2)oc2c(C)ccc(Cl)c12. The molecule has 0 unspecified atom stereocenters. The molecule has 3 rings (SSSR count). The smallest absolute Gasteiger partial charge is 0.139 e. The highest BCUT2D eigenvalue weighted by Crippen LogP contribution is 2.35. The monoisotopic (exact) mass is 279 g/mol. The molecular weight excluding hydrogens is 262 g/mol. The maximum atomic E-state index is 6.32. The molecule has 0 aliphatic heterocycles. The van der Waals surface area contributed by atoms with Crippen LogP contribution in [-0.2, 0) is 17.9 Å². The Bertz CT molecular complexity index is 602. The van der Waals surface area contributed by atoms with E-state index in [0.29, 0.717) is 12.6 Å². The Kier molecular flexibility index (Phi) is 3.52. The van der Waals surface area contributed by atoms with Gasteiger partial charge in [0.05, 0.1) is 18.2 Å². The standard InChI is InChI=1S/C15H18ClNO2/c1-9-3-6-12(16)14-11(8-18-2)13(19-15(9)14)7-17-10-4-5-10/h3,6,10,17H,4-5,7-8H2,1-2H3. The summed E-state index contributed by atoms with van der Waals surface area (Å²) in [4.78, 5) is 0. The van der Waals surface area contributed by atoms with Crippen LogP contribution in [0.4, 0.5) is 0 Å². The van der Waals surface area contributed by atoms with E-state index in [1.165, 1.54) is 12.8 Å². The third kappa shape index (κ3) is 2.50. The Balaban J connectivity index is 2.05. The minimum Gasteiger partial charge on any atom is -0.459 e. The molecule has 4 heteroatoms. The fourth-order valence-corrected chi connectivity index (χ4v) is 2.63. The lowest BCUT2D eigenvalue weighted by Gasteiger charge is -2.03. The first kappa shape index (κ1) is 13.0. The van der Waals surface area contributed by atoms with Gasteiger partial charge in [0.25, 0.3) is 0 Å². The minimum absolute atomic E-state index is 0.526. The largest absolute Gasteiger partial charge is 0.459 e. The van der Waals surface area contributed by atoms with Crippen molar-refractivity contribution in [1.29, 1.82) is 0 Å². The molecule has 102 valence electrons. The zero-order valence-electron chi connectivity index (χ0n) is 11.3. The van der Waals surface area contributed by atoms with Crippen LogP contribution in [0.15, 0.2) is 16.5 Å². The van der Waals surface area contributed by atoms with Crippen LogP contribution in [0.25, 0.3) is 11.0 Å². The molecule has 1 N–H and O–H groups in total. The van der Waals surface area contributed by atoms with Gasteiger partial charge in [-0.3, -0.25) is 0 Å². The summed E-state index contributed by atoms with van der Waals surface area (Å²) >= 11 is 6.32. The van der Waals surface area contributed by atoms with Gasteiger partial charge in [0.15, 0.2) is 0 Å². The Hall–Kier alpha value is -1.03. The normalized spacial score (nSPS) is 15.3. The van der Waals surface area contributed by atoms with E-state index in [1.807, 2.05) is 19.1 Å². The number of halogens is 1. The highest BCUT2D eigenvalue weighted by Gasteiger charge is 2.23. The molecule has 1 aromatic heterocycles. The lowest BCUT2D eigenvalue weighted by Crippen LogP contribution is -2.15. The number of fused-ring (bicyclic) bond motifs is 1. The number of ether oxygens (including phenoxy) is 1. The van der Waals surface area contributed by atoms with Crippen LogP contribution < -0.4 is 5.32 Å². The molecule has 1 heterocycles. The molecule has 19 heavy (non-hydrogen) atoms. The second-order valence-corrected chi connectivity index (χ2v) is 5.57. The summed E-state index contributed by atoms with van der Waals surface area (Å²) in [5, 5.41) is 5.21. The van der Waals surface area contributed by atoms with E-state index in [0.717, 1.165) is 39.4 Å². The van der Waals surface area contributed by atoms with E-state index in [9.17, 15) is 0 Å². The van der Waals surface area contributed by atoms with Crippen molar-refractivity contribution in [2.75, 3.05) is 7.11 Å². The molecule has 0 radical (unpaired) electrons. The highest BCUT2D eigenvalue weighted by atomic mass is 35.5. The van der Waals surface area contributed by atoms with E-state index < -0.39 is 0 Å². The third-order valence-electron chi connectivity index (χ3n) is 3.58. The number of aryl methyl sites for hydroxylation is 1. The van der Waals surface area contributed by atoms with Crippen LogP contribution in [-0.4, -0.2) is 13.2 Å². The van der Waals surface area contributed by atoms with Crippen molar-refractivity contribution in [3.8, 4) is 0 Å². The summed E-state index contributed by atoms with van der Waals surface area (Å²) < 4.78 is 11.3. The Morgan fingerprint density at radius 1 is 1.42 bits per heavy atom. The van der Waals surface area contributed by atoms with Crippen LogP contribution in [0.5, 0.6) is 0 Å². The van der Waals surface area contributed by atoms with Crippen molar-refractivity contribution in [1.82, 2.24) is 5.32 Å². The van der Waals surface area contributed by atoms with Crippen LogP contribution in [0, 0.1) is 6.92 Å². The molecule has 0 saturated heterocycles. The average Bonchev–Trinajstić information content (AvgIpc) is 3.15. The topological polar surface area (TPSA) is 34.4 Å². The number of rotatable bonds is 5. The summed E-state index contributed by atoms with van der Waals surface area (Å²) in [5.74, 6) is 0.944. The molecule has 0 spiro atoms. The minimum atomic E-state index is 0.526. The molecule has 1 aliphatic carbocycles. The van der Waals surface area contributed by atoms with Crippen LogP contribution in [0.2, 0.25) is 5.02 Å². The summed E-state index contributed by atoms with van der Waals surface area (Å²) in [7, 11) is 1.70. The van der Waals surface area contributed by atoms with Gasteiger partial charge in [-0.05, 0) is 31.4 Å². The van der Waals surface area contributed by atoms with Gasteiger partial charge in [0, 0.05) is 24.1 Å². The van der Waals surface area contributed by atoms with E-state index in [-0.39, 0.29) is 0 Å². The second-order valence-electron chi connectivity index (χ2n) is 5.16. The number of furan rings is 1. The summed E-state index contributed by atoms with van der Waals surface area (Å²) in [6.45, 7) is 3.31. The molecule has 0 atom stereocenters. The molecular formula is C15H18ClNO2. The quantitative estimate of drug-likeness (QED) is 0.904. The molecule has 1 aromatic carbocycles. The van der Waals surface area contributed by atoms with E-state index in [4.69, 9.17) is 20.8 Å². The van der Waals surface area contributed by atoms with Gasteiger partial charge in [-0.2, -0.15) is 0 Å². The number of nitrogens with one attached hydrogen (secondary N) is 1. The first-order chi connectivity index (χ1) is 9.20. The first-order valence-corrected chi connectivity index (χ1v) is 7.00. The Labute approximate surface area is 117 Å². The van der Waals surface area contributed by atoms with Gasteiger partial charge in [0.2, 0.25) is 0 Å². The van der Waals surface area contributed by atoms with Crippen molar-refractivity contribution in [3.05, 3.63) is 34.0 Å². The maximum Gasteiger partial charge on any atom is 0.139 e. The molecule has 3 nitrogen and oxygen atoms in total. The van der Waals surface area contributed by atoms with Gasteiger partial charge < -0.3 is 14.5 Å². The van der Waals surface area contributed by atoms with Crippen molar-refractivity contribution in [2.45, 2.75) is 39.0 Å². The van der Waals surface area contributed by atoms with Gasteiger partial charge in [-0.1, -0.05) is 17.7 Å². The van der Waals surface area contributed by atoms with Gasteiger partial charge >= 0.3 is 0 Å². The Morgan fingerprint density at radius 2 is 2.21 bits per heavy atom. The van der Waals surface area contributed by atoms with Crippen molar-refractivity contribution >= 4 is 22.6 Å². The second kappa shape index (κ2) is 5.16. The predicted octanol–water partition coefficient (Wildman–Crippen LogP) is 3.79. The average molecular weight is 280 g/mol. The van der Waals surface area contributed by atoms with Crippen LogP contribution >= 0.6 is 11.6 Å². The fraction of sp³-hybridized carbons (Fsp3) is 0.467. The number of benzene rings is 1. The summed E-state index contributed by atoms with van der Waals surface area (Å²) in [5.41, 5.74) is 3.06. The van der Waals surface area contributed by atoms with Crippen molar-refractivity contribution in [2.24, 2.45) is 0 Å². The molecule has 0 amide bonds. The maximum absolute atomic E-state index is 6.32. The van der Waals surface area contributed by atoms with Crippen molar-refractivity contribution < 1.29 is 9.15 Å². The predicted molar refractivity (Wildman–Crippen MR) is 76.5 cm³/mol. The summed E-state index contributed by atoms with van der Waals surface area (Å²) in [6, 6.07) is 4.56. The van der Waals surface area contributed by atoms with E-state index in [2.05, 4.69) is 5.32 Å². The number of hydrogen-bond donors (Lipinski definition) is 1. The lowest BCUT2D eigenvalue weighted by atomic mass is 10.1. The van der Waals surface area contributed by atoms with Crippen LogP contribution in [0.1, 0.15) is 29.7 Å². The molecule has 2 aromatic rings. The first-order valence-electron chi connectivity index (χ1n) is 6.62. The van der Waals surface area contributed by atoms with Gasteiger partial charge in [-0.15, -0.1) is 0 Å². The van der Waals surface area contributed by atoms with Gasteiger partial charge in [0.1, 0.15) is 11.3 Å². The Morgan fingerprint density at radius 3 is 2.89 bits per heavy atom. The highest BCUT2D eigenvalue weighted by molar-refractivity contribution is 6.35. The number of methoxy groups -OCH3 is 1. The molecule has 0 bridgehead atoms. The third-order valence-corrected chi connectivity index (χ3v) is 3.90. The number of hydrogen-bond acceptors (Lipinski definition) is 3. The van der Waals surface area contributed by atoms with Crippen LogP contribution in [0.3, 0.4) is 0 Å². The molecule has 1 saturated carbocycles. The summed E-state index contributed by atoms with van der Waals surface area (Å²) in [6.07, 6.45) is 2.53.